The van der Waals surface area contributed by atoms with Crippen molar-refractivity contribution in [2.24, 2.45) is 5.92 Å². The molecule has 0 radical (unpaired) electrons. The Labute approximate surface area is 612 Å². The van der Waals surface area contributed by atoms with E-state index in [1.807, 2.05) is 0 Å². The lowest BCUT2D eigenvalue weighted by atomic mass is 10.0. The average Bonchev–Trinajstić information content (AvgIpc) is 0.957. The zero-order valence-electron chi connectivity index (χ0n) is 64.8. The molecular formula is C81H154O17P2. The molecule has 0 aliphatic carbocycles. The van der Waals surface area contributed by atoms with E-state index < -0.39 is 97.5 Å². The van der Waals surface area contributed by atoms with Crippen LogP contribution in [0.5, 0.6) is 0 Å². The molecule has 100 heavy (non-hydrogen) atoms. The summed E-state index contributed by atoms with van der Waals surface area (Å²) in [5.41, 5.74) is 0. The summed E-state index contributed by atoms with van der Waals surface area (Å²) in [6.45, 7) is 7.25. The van der Waals surface area contributed by atoms with E-state index in [2.05, 4.69) is 58.9 Å². The number of aliphatic hydroxyl groups excluding tert-OH is 1. The second-order valence-electron chi connectivity index (χ2n) is 29.0. The molecule has 590 valence electrons. The number of unbranched alkanes of at least 4 members (excludes halogenated alkanes) is 48. The van der Waals surface area contributed by atoms with E-state index in [4.69, 9.17) is 37.0 Å². The van der Waals surface area contributed by atoms with E-state index in [1.54, 1.807) is 0 Å². The Hall–Kier alpha value is -2.46. The maximum Gasteiger partial charge on any atom is 0.472 e. The highest BCUT2D eigenvalue weighted by Crippen LogP contribution is 2.45. The van der Waals surface area contributed by atoms with E-state index >= 15 is 0 Å². The van der Waals surface area contributed by atoms with Crippen LogP contribution in [0.15, 0.2) is 24.3 Å². The first-order chi connectivity index (χ1) is 48.5. The largest absolute Gasteiger partial charge is 0.472 e. The lowest BCUT2D eigenvalue weighted by Crippen LogP contribution is -2.30. The van der Waals surface area contributed by atoms with E-state index in [-0.39, 0.29) is 25.7 Å². The summed E-state index contributed by atoms with van der Waals surface area (Å²) in [6.07, 6.45) is 67.4. The van der Waals surface area contributed by atoms with Gasteiger partial charge in [0.15, 0.2) is 12.2 Å². The fourth-order valence-electron chi connectivity index (χ4n) is 12.0. The highest BCUT2D eigenvalue weighted by Gasteiger charge is 2.30. The lowest BCUT2D eigenvalue weighted by molar-refractivity contribution is -0.161. The zero-order chi connectivity index (χ0) is 73.4. The summed E-state index contributed by atoms with van der Waals surface area (Å²) < 4.78 is 68.7. The zero-order valence-corrected chi connectivity index (χ0v) is 66.6. The molecule has 0 aromatic heterocycles. The Bertz CT molecular complexity index is 2000. The maximum atomic E-state index is 13.1. The number of aliphatic hydroxyl groups is 1. The number of carbonyl (C=O) groups excluding carboxylic acids is 4. The van der Waals surface area contributed by atoms with Crippen molar-refractivity contribution >= 4 is 39.5 Å². The molecule has 0 aliphatic rings. The van der Waals surface area contributed by atoms with Crippen LogP contribution in [0, 0.1) is 5.92 Å². The summed E-state index contributed by atoms with van der Waals surface area (Å²) in [5, 5.41) is 10.6. The number of rotatable bonds is 79. The van der Waals surface area contributed by atoms with Crippen molar-refractivity contribution in [3.8, 4) is 0 Å². The van der Waals surface area contributed by atoms with Gasteiger partial charge in [0.25, 0.3) is 0 Å². The first kappa shape index (κ1) is 97.5. The molecule has 0 amide bonds. The van der Waals surface area contributed by atoms with Crippen molar-refractivity contribution in [2.75, 3.05) is 39.6 Å². The third-order valence-electron chi connectivity index (χ3n) is 18.4. The van der Waals surface area contributed by atoms with Crippen LogP contribution < -0.4 is 0 Å². The Morgan fingerprint density at radius 1 is 0.310 bits per heavy atom. The highest BCUT2D eigenvalue weighted by atomic mass is 31.2. The molecule has 0 saturated heterocycles. The molecule has 0 aromatic rings. The third-order valence-corrected chi connectivity index (χ3v) is 20.3. The number of hydrogen-bond donors (Lipinski definition) is 3. The first-order valence-corrected chi connectivity index (χ1v) is 44.4. The standard InChI is InChI=1S/C81H154O17P2/c1-6-9-12-15-18-21-24-27-29-30-31-32-33-35-37-40-46-51-56-61-66-80(85)97-76(70-92-79(84)65-60-55-50-45-39-36-34-28-25-22-19-16-13-10-7-2)72-95-99(87,88)93-68-75(82)69-94-100(89,90)96-73-77(71-91-78(83)64-59-54-49-44-38-26-23-20-17-14-11-8-3)98-81(86)67-62-57-52-47-42-41-43-48-53-58-63-74(4)5/h22,25,28,34,74-77,82H,6-21,23-24,26-27,29-33,35-73H2,1-5H3,(H,87,88)(H,89,90)/b25-22-,34-28-/t75-,76-,77-/m1/s1. The lowest BCUT2D eigenvalue weighted by Gasteiger charge is -2.21. The van der Waals surface area contributed by atoms with Gasteiger partial charge in [0, 0.05) is 25.7 Å². The molecule has 3 N–H and O–H groups in total. The van der Waals surface area contributed by atoms with Gasteiger partial charge in [-0.2, -0.15) is 0 Å². The van der Waals surface area contributed by atoms with Gasteiger partial charge in [-0.3, -0.25) is 37.3 Å². The quantitative estimate of drug-likeness (QED) is 0.0169. The predicted octanol–water partition coefficient (Wildman–Crippen LogP) is 24.0. The number of phosphoric ester groups is 2. The smallest absolute Gasteiger partial charge is 0.462 e. The minimum atomic E-state index is -4.97. The second-order valence-corrected chi connectivity index (χ2v) is 31.9. The summed E-state index contributed by atoms with van der Waals surface area (Å²) >= 11 is 0. The first-order valence-electron chi connectivity index (χ1n) is 41.5. The predicted molar refractivity (Wildman–Crippen MR) is 409 cm³/mol. The van der Waals surface area contributed by atoms with Crippen molar-refractivity contribution in [3.63, 3.8) is 0 Å². The molecule has 0 aromatic carbocycles. The summed E-state index contributed by atoms with van der Waals surface area (Å²) in [4.78, 5) is 73.0. The van der Waals surface area contributed by atoms with Crippen LogP contribution >= 0.6 is 15.6 Å². The van der Waals surface area contributed by atoms with Gasteiger partial charge in [-0.15, -0.1) is 0 Å². The molecule has 5 atom stereocenters. The maximum absolute atomic E-state index is 13.1. The van der Waals surface area contributed by atoms with E-state index in [0.29, 0.717) is 25.7 Å². The molecule has 2 unspecified atom stereocenters. The van der Waals surface area contributed by atoms with Crippen LogP contribution in [0.25, 0.3) is 0 Å². The van der Waals surface area contributed by atoms with Gasteiger partial charge in [0.2, 0.25) is 0 Å². The monoisotopic (exact) mass is 1460 g/mol. The highest BCUT2D eigenvalue weighted by molar-refractivity contribution is 7.47. The topological polar surface area (TPSA) is 237 Å². The van der Waals surface area contributed by atoms with Gasteiger partial charge >= 0.3 is 39.5 Å². The van der Waals surface area contributed by atoms with Crippen LogP contribution in [0.2, 0.25) is 0 Å². The number of esters is 4. The number of carbonyl (C=O) groups is 4. The fourth-order valence-corrected chi connectivity index (χ4v) is 13.6. The number of phosphoric acid groups is 2. The van der Waals surface area contributed by atoms with Crippen molar-refractivity contribution in [1.29, 1.82) is 0 Å². The summed E-state index contributed by atoms with van der Waals surface area (Å²) in [6, 6.07) is 0. The summed E-state index contributed by atoms with van der Waals surface area (Å²) in [7, 11) is -9.93. The number of ether oxygens (including phenoxy) is 4. The molecule has 19 heteroatoms. The SMILES string of the molecule is CCCCCC/C=C\C=C/CCCCCCCC(=O)OC[C@H](COP(=O)(O)OC[C@@H](O)COP(=O)(O)OC[C@@H](COC(=O)CCCCCCCCCCCCCC)OC(=O)CCCCCCCCCCCCC(C)C)OC(=O)CCCCCCCCCCCCCCCCCCCCCC. The Kier molecular flexibility index (Phi) is 71.6. The van der Waals surface area contributed by atoms with E-state index in [0.717, 1.165) is 115 Å². The molecule has 0 bridgehead atoms. The minimum Gasteiger partial charge on any atom is -0.462 e. The van der Waals surface area contributed by atoms with Crippen LogP contribution in [-0.2, 0) is 65.4 Å². The van der Waals surface area contributed by atoms with Crippen molar-refractivity contribution < 1.29 is 80.2 Å². The van der Waals surface area contributed by atoms with E-state index in [9.17, 15) is 43.2 Å². The van der Waals surface area contributed by atoms with Gasteiger partial charge in [-0.1, -0.05) is 354 Å². The van der Waals surface area contributed by atoms with Crippen LogP contribution in [0.4, 0.5) is 0 Å². The molecular weight excluding hydrogens is 1310 g/mol. The molecule has 0 rings (SSSR count). The van der Waals surface area contributed by atoms with Gasteiger partial charge in [0.05, 0.1) is 26.4 Å². The normalized spacial score (nSPS) is 14.0. The third kappa shape index (κ3) is 73.8. The second kappa shape index (κ2) is 73.4. The van der Waals surface area contributed by atoms with Gasteiger partial charge in [0.1, 0.15) is 19.3 Å². The van der Waals surface area contributed by atoms with Crippen molar-refractivity contribution in [3.05, 3.63) is 24.3 Å². The molecule has 0 saturated carbocycles. The van der Waals surface area contributed by atoms with Crippen LogP contribution in [-0.4, -0.2) is 96.7 Å². The van der Waals surface area contributed by atoms with Gasteiger partial charge < -0.3 is 33.8 Å². The van der Waals surface area contributed by atoms with Crippen LogP contribution in [0.3, 0.4) is 0 Å². The number of allylic oxidation sites excluding steroid dienone is 4. The van der Waals surface area contributed by atoms with Gasteiger partial charge in [-0.25, -0.2) is 9.13 Å². The Morgan fingerprint density at radius 2 is 0.540 bits per heavy atom. The average molecular weight is 1460 g/mol. The molecule has 0 fully saturated rings. The van der Waals surface area contributed by atoms with Crippen molar-refractivity contribution in [1.82, 2.24) is 0 Å². The summed E-state index contributed by atoms with van der Waals surface area (Å²) in [5.74, 6) is -1.39. The van der Waals surface area contributed by atoms with Crippen molar-refractivity contribution in [2.45, 2.75) is 425 Å². The molecule has 0 aliphatic heterocycles. The van der Waals surface area contributed by atoms with Crippen LogP contribution in [0.1, 0.15) is 407 Å². The Balaban J connectivity index is 5.27. The fraction of sp³-hybridized carbons (Fsp3) is 0.901. The Morgan fingerprint density at radius 3 is 0.820 bits per heavy atom. The molecule has 0 heterocycles. The van der Waals surface area contributed by atoms with Gasteiger partial charge in [-0.05, 0) is 57.3 Å². The number of hydrogen-bond acceptors (Lipinski definition) is 15. The molecule has 17 nitrogen and oxygen atoms in total. The molecule has 0 spiro atoms. The minimum absolute atomic E-state index is 0.102. The van der Waals surface area contributed by atoms with E-state index in [1.165, 1.54) is 212 Å².